The molecule has 2 aliphatic heterocycles. The molecule has 0 radical (unpaired) electrons. The van der Waals surface area contributed by atoms with E-state index in [1.54, 1.807) is 6.08 Å². The van der Waals surface area contributed by atoms with Gasteiger partial charge in [0, 0.05) is 11.3 Å². The van der Waals surface area contributed by atoms with Crippen molar-refractivity contribution in [1.82, 2.24) is 0 Å². The Morgan fingerprint density at radius 3 is 2.75 bits per heavy atom. The number of ether oxygens (including phenoxy) is 1. The quantitative estimate of drug-likeness (QED) is 0.279. The smallest absolute Gasteiger partial charge is 0.756 e. The average molecular weight is 416 g/mol. The first-order valence-corrected chi connectivity index (χ1v) is 11.0. The van der Waals surface area contributed by atoms with Gasteiger partial charge in [-0.2, -0.15) is 0 Å². The van der Waals surface area contributed by atoms with Gasteiger partial charge in [-0.1, -0.05) is 38.2 Å². The Labute approximate surface area is 188 Å². The largest absolute Gasteiger partial charge is 1.00 e. The molecule has 0 bridgehead atoms. The molecule has 2 saturated carbocycles. The molecule has 0 spiro atoms. The SMILES string of the molecule is C=C1CCC2[C@@](C)(CCC3OP(=O)([O-])OC[C@]32C)C1C=CC1=CCOC1=O.[Na+]. The van der Waals surface area contributed by atoms with Crippen molar-refractivity contribution in [1.29, 1.82) is 0 Å². The van der Waals surface area contributed by atoms with Crippen molar-refractivity contribution in [3.05, 3.63) is 36.0 Å². The number of carbonyl (C=O) groups excluding carboxylic acids is 1. The summed E-state index contributed by atoms with van der Waals surface area (Å²) in [6.45, 7) is 9.14. The summed E-state index contributed by atoms with van der Waals surface area (Å²) < 4.78 is 27.2. The summed E-state index contributed by atoms with van der Waals surface area (Å²) in [7, 11) is -4.19. The fourth-order valence-corrected chi connectivity index (χ4v) is 6.90. The Morgan fingerprint density at radius 2 is 2.07 bits per heavy atom. The van der Waals surface area contributed by atoms with Crippen LogP contribution in [0.15, 0.2) is 36.0 Å². The van der Waals surface area contributed by atoms with Crippen molar-refractivity contribution in [3.8, 4) is 0 Å². The van der Waals surface area contributed by atoms with Crippen LogP contribution < -0.4 is 34.5 Å². The van der Waals surface area contributed by atoms with E-state index in [0.717, 1.165) is 24.8 Å². The maximum Gasteiger partial charge on any atom is 1.00 e. The second-order valence-electron chi connectivity index (χ2n) is 8.71. The average Bonchev–Trinajstić information content (AvgIpc) is 3.00. The summed E-state index contributed by atoms with van der Waals surface area (Å²) in [5.74, 6) is 0.0725. The van der Waals surface area contributed by atoms with Crippen LogP contribution in [-0.2, 0) is 23.1 Å². The number of fused-ring (bicyclic) bond motifs is 3. The molecule has 4 rings (SSSR count). The van der Waals surface area contributed by atoms with E-state index in [9.17, 15) is 14.3 Å². The number of carbonyl (C=O) groups is 1. The van der Waals surface area contributed by atoms with Crippen LogP contribution in [0.4, 0.5) is 0 Å². The van der Waals surface area contributed by atoms with Gasteiger partial charge in [0.1, 0.15) is 6.61 Å². The molecule has 8 heteroatoms. The number of hydrogen-bond acceptors (Lipinski definition) is 6. The molecule has 28 heavy (non-hydrogen) atoms. The maximum atomic E-state index is 11.8. The number of cyclic esters (lactones) is 1. The van der Waals surface area contributed by atoms with Crippen LogP contribution in [-0.4, -0.2) is 25.3 Å². The summed E-state index contributed by atoms with van der Waals surface area (Å²) in [6.07, 6.45) is 8.71. The fraction of sp³-hybridized carbons (Fsp3) is 0.650. The third kappa shape index (κ3) is 3.66. The van der Waals surface area contributed by atoms with Gasteiger partial charge in [0.15, 0.2) is 0 Å². The summed E-state index contributed by atoms with van der Waals surface area (Å²) in [5, 5.41) is 0. The van der Waals surface area contributed by atoms with Crippen LogP contribution in [0.5, 0.6) is 0 Å². The molecule has 0 aromatic rings. The van der Waals surface area contributed by atoms with Gasteiger partial charge in [0.05, 0.1) is 18.3 Å². The Morgan fingerprint density at radius 1 is 1.32 bits per heavy atom. The topological polar surface area (TPSA) is 84.9 Å². The predicted molar refractivity (Wildman–Crippen MR) is 97.4 cm³/mol. The molecule has 0 aromatic carbocycles. The number of phosphoric ester groups is 1. The van der Waals surface area contributed by atoms with Gasteiger partial charge in [0.25, 0.3) is 7.82 Å². The number of rotatable bonds is 2. The van der Waals surface area contributed by atoms with Gasteiger partial charge >= 0.3 is 35.5 Å². The second kappa shape index (κ2) is 7.81. The Hall–Kier alpha value is -0.200. The van der Waals surface area contributed by atoms with E-state index in [4.69, 9.17) is 13.8 Å². The van der Waals surface area contributed by atoms with Crippen LogP contribution in [0.2, 0.25) is 0 Å². The molecule has 0 N–H and O–H groups in total. The Balaban J connectivity index is 0.00000225. The van der Waals surface area contributed by atoms with Crippen LogP contribution in [0, 0.1) is 22.7 Å². The van der Waals surface area contributed by atoms with Crippen LogP contribution in [0.25, 0.3) is 0 Å². The number of allylic oxidation sites excluding steroid dienone is 2. The monoisotopic (exact) mass is 416 g/mol. The van der Waals surface area contributed by atoms with Crippen molar-refractivity contribution < 1.29 is 57.6 Å². The second-order valence-corrected chi connectivity index (χ2v) is 10.1. The van der Waals surface area contributed by atoms with Gasteiger partial charge < -0.3 is 18.7 Å². The van der Waals surface area contributed by atoms with Crippen molar-refractivity contribution in [3.63, 3.8) is 0 Å². The van der Waals surface area contributed by atoms with Gasteiger partial charge in [-0.15, -0.1) is 0 Å². The molecule has 148 valence electrons. The standard InChI is InChI=1S/C20H27O6P.Na/c1-13-4-7-16-19(2,15(13)6-5-14-9-11-24-18(14)21)10-8-17-20(16,3)12-25-27(22,23)26-17;/h5-6,9,15-17H,1,4,7-8,10-12H2,2-3H3,(H,22,23);/q;+1/p-1/t15?,16?,17?,19-,20-;/m0./s1. The van der Waals surface area contributed by atoms with E-state index < -0.39 is 7.82 Å². The minimum atomic E-state index is -4.19. The van der Waals surface area contributed by atoms with Crippen LogP contribution >= 0.6 is 7.82 Å². The molecule has 0 aromatic heterocycles. The number of esters is 1. The van der Waals surface area contributed by atoms with Gasteiger partial charge in [-0.3, -0.25) is 4.57 Å². The summed E-state index contributed by atoms with van der Waals surface area (Å²) in [6, 6.07) is 0. The van der Waals surface area contributed by atoms with Crippen LogP contribution in [0.3, 0.4) is 0 Å². The first-order valence-electron chi connectivity index (χ1n) is 9.53. The van der Waals surface area contributed by atoms with E-state index in [1.165, 1.54) is 0 Å². The van der Waals surface area contributed by atoms with E-state index in [0.29, 0.717) is 18.6 Å². The van der Waals surface area contributed by atoms with Gasteiger partial charge in [-0.05, 0) is 43.1 Å². The zero-order valence-electron chi connectivity index (χ0n) is 16.8. The number of hydrogen-bond donors (Lipinski definition) is 0. The maximum absolute atomic E-state index is 11.8. The molecule has 3 fully saturated rings. The first kappa shape index (κ1) is 22.5. The third-order valence-electron chi connectivity index (χ3n) is 7.19. The minimum absolute atomic E-state index is 0. The zero-order valence-corrected chi connectivity index (χ0v) is 19.7. The van der Waals surface area contributed by atoms with Crippen LogP contribution in [0.1, 0.15) is 39.5 Å². The third-order valence-corrected chi connectivity index (χ3v) is 8.15. The van der Waals surface area contributed by atoms with Gasteiger partial charge in [0.2, 0.25) is 0 Å². The van der Waals surface area contributed by atoms with E-state index in [-0.39, 0.29) is 70.9 Å². The van der Waals surface area contributed by atoms with Crippen molar-refractivity contribution in [2.75, 3.05) is 13.2 Å². The molecule has 4 aliphatic rings. The van der Waals surface area contributed by atoms with Crippen molar-refractivity contribution >= 4 is 13.8 Å². The zero-order chi connectivity index (χ0) is 19.4. The molecule has 2 heterocycles. The first-order chi connectivity index (χ1) is 12.7. The fourth-order valence-electron chi connectivity index (χ4n) is 5.74. The molecule has 6 atom stereocenters. The van der Waals surface area contributed by atoms with E-state index >= 15 is 0 Å². The summed E-state index contributed by atoms with van der Waals surface area (Å²) >= 11 is 0. The van der Waals surface area contributed by atoms with E-state index in [2.05, 4.69) is 26.5 Å². The summed E-state index contributed by atoms with van der Waals surface area (Å²) in [4.78, 5) is 23.5. The molecule has 6 nitrogen and oxygen atoms in total. The summed E-state index contributed by atoms with van der Waals surface area (Å²) in [5.41, 5.74) is 1.30. The van der Waals surface area contributed by atoms with Crippen molar-refractivity contribution in [2.45, 2.75) is 45.6 Å². The Kier molecular flexibility index (Phi) is 6.27. The normalized spacial score (nSPS) is 45.7. The van der Waals surface area contributed by atoms with E-state index in [1.807, 2.05) is 6.08 Å². The predicted octanol–water partition coefficient (Wildman–Crippen LogP) is 0.302. The van der Waals surface area contributed by atoms with Crippen molar-refractivity contribution in [2.24, 2.45) is 22.7 Å². The minimum Gasteiger partial charge on any atom is -0.756 e. The van der Waals surface area contributed by atoms with Gasteiger partial charge in [-0.25, -0.2) is 4.79 Å². The molecule has 0 amide bonds. The molecular weight excluding hydrogens is 390 g/mol. The molecular formula is C20H26NaO6P. The molecule has 4 unspecified atom stereocenters. The molecule has 1 saturated heterocycles. The Bertz CT molecular complexity index is 792. The molecule has 2 aliphatic carbocycles. The number of phosphoric acid groups is 1.